The normalized spacial score (nSPS) is 12.9. The Morgan fingerprint density at radius 3 is 2.27 bits per heavy atom. The van der Waals surface area contributed by atoms with Crippen molar-refractivity contribution < 1.29 is 13.2 Å². The van der Waals surface area contributed by atoms with E-state index in [0.717, 1.165) is 0 Å². The zero-order valence-corrected chi connectivity index (χ0v) is 6.44. The van der Waals surface area contributed by atoms with E-state index in [4.69, 9.17) is 0 Å². The van der Waals surface area contributed by atoms with Gasteiger partial charge in [0.15, 0.2) is 0 Å². The van der Waals surface area contributed by atoms with Gasteiger partial charge >= 0.3 is 0 Å². The Labute approximate surface area is 66.3 Å². The average molecular weight is 173 g/mol. The quantitative estimate of drug-likeness (QED) is 0.634. The van der Waals surface area contributed by atoms with Crippen molar-refractivity contribution in [2.45, 2.75) is 11.6 Å². The van der Waals surface area contributed by atoms with E-state index in [9.17, 15) is 13.2 Å². The summed E-state index contributed by atoms with van der Waals surface area (Å²) in [5, 5.41) is 0. The summed E-state index contributed by atoms with van der Waals surface area (Å²) < 4.78 is 32.5. The first-order valence-electron chi connectivity index (χ1n) is 2.98. The molecule has 0 spiro atoms. The molecule has 0 amide bonds. The molecule has 0 saturated carbocycles. The summed E-state index contributed by atoms with van der Waals surface area (Å²) in [4.78, 5) is 0.183. The van der Waals surface area contributed by atoms with Crippen molar-refractivity contribution in [3.8, 4) is 0 Å². The largest absolute Gasteiger partial charge is 0.768 e. The van der Waals surface area contributed by atoms with Gasteiger partial charge in [-0.3, -0.25) is 4.21 Å². The molecule has 0 aliphatic heterocycles. The second-order valence-corrected chi connectivity index (χ2v) is 2.95. The van der Waals surface area contributed by atoms with E-state index >= 15 is 0 Å². The number of alkyl halides is 1. The molecule has 0 aromatic heterocycles. The molecule has 60 valence electrons. The molecule has 4 heteroatoms. The van der Waals surface area contributed by atoms with Crippen LogP contribution in [-0.2, 0) is 17.8 Å². The molecule has 1 unspecified atom stereocenters. The lowest BCUT2D eigenvalue weighted by molar-refractivity contribution is 0.485. The molecule has 11 heavy (non-hydrogen) atoms. The van der Waals surface area contributed by atoms with Crippen molar-refractivity contribution in [2.24, 2.45) is 0 Å². The maximum Gasteiger partial charge on any atom is 0.115 e. The maximum atomic E-state index is 11.9. The van der Waals surface area contributed by atoms with Crippen LogP contribution < -0.4 is 0 Å². The van der Waals surface area contributed by atoms with E-state index in [2.05, 4.69) is 0 Å². The molecule has 1 aromatic rings. The fourth-order valence-electron chi connectivity index (χ4n) is 0.690. The van der Waals surface area contributed by atoms with Crippen LogP contribution in [0, 0.1) is 0 Å². The molecule has 1 atom stereocenters. The van der Waals surface area contributed by atoms with Gasteiger partial charge in [0, 0.05) is 4.90 Å². The van der Waals surface area contributed by atoms with Crippen LogP contribution in [0.2, 0.25) is 0 Å². The van der Waals surface area contributed by atoms with E-state index in [1.165, 1.54) is 24.3 Å². The standard InChI is InChI=1S/C7H7FO2S/c8-5-6-1-3-7(4-2-6)11(9)10/h1-4H,5H2,(H,9,10)/p-1. The molecule has 0 fully saturated rings. The van der Waals surface area contributed by atoms with Crippen molar-refractivity contribution in [3.63, 3.8) is 0 Å². The molecule has 0 aliphatic rings. The highest BCUT2D eigenvalue weighted by Gasteiger charge is 1.92. The fraction of sp³-hybridized carbons (Fsp3) is 0.143. The lowest BCUT2D eigenvalue weighted by Gasteiger charge is -2.03. The van der Waals surface area contributed by atoms with Crippen LogP contribution in [0.1, 0.15) is 5.56 Å². The summed E-state index contributed by atoms with van der Waals surface area (Å²) in [6.45, 7) is -0.564. The molecule has 0 aliphatic carbocycles. The lowest BCUT2D eigenvalue weighted by Crippen LogP contribution is -1.88. The first-order valence-corrected chi connectivity index (χ1v) is 4.05. The van der Waals surface area contributed by atoms with E-state index in [0.29, 0.717) is 5.56 Å². The summed E-state index contributed by atoms with van der Waals surface area (Å²) in [6, 6.07) is 5.65. The van der Waals surface area contributed by atoms with Gasteiger partial charge < -0.3 is 4.55 Å². The van der Waals surface area contributed by atoms with Crippen LogP contribution in [0.3, 0.4) is 0 Å². The minimum atomic E-state index is -2.21. The van der Waals surface area contributed by atoms with Crippen LogP contribution in [0.15, 0.2) is 29.2 Å². The molecule has 0 N–H and O–H groups in total. The van der Waals surface area contributed by atoms with Crippen LogP contribution in [-0.4, -0.2) is 8.76 Å². The molecule has 0 saturated heterocycles. The zero-order valence-electron chi connectivity index (χ0n) is 5.62. The Morgan fingerprint density at radius 2 is 1.91 bits per heavy atom. The van der Waals surface area contributed by atoms with Crippen LogP contribution in [0.25, 0.3) is 0 Å². The second-order valence-electron chi connectivity index (χ2n) is 2.01. The number of hydrogen-bond acceptors (Lipinski definition) is 2. The number of benzene rings is 1. The SMILES string of the molecule is O=S([O-])c1ccc(CF)cc1. The lowest BCUT2D eigenvalue weighted by atomic mass is 10.2. The fourth-order valence-corrected chi connectivity index (χ4v) is 1.05. The smallest absolute Gasteiger partial charge is 0.115 e. The molecule has 0 heterocycles. The van der Waals surface area contributed by atoms with Crippen molar-refractivity contribution in [3.05, 3.63) is 29.8 Å². The zero-order chi connectivity index (χ0) is 8.27. The minimum Gasteiger partial charge on any atom is -0.768 e. The first-order chi connectivity index (χ1) is 5.24. The number of halogens is 1. The van der Waals surface area contributed by atoms with E-state index in [1.54, 1.807) is 0 Å². The summed E-state index contributed by atoms with van der Waals surface area (Å²) in [5.74, 6) is 0. The molecular formula is C7H6FO2S-. The third-order valence-corrected chi connectivity index (χ3v) is 1.93. The predicted octanol–water partition coefficient (Wildman–Crippen LogP) is 1.39. The number of rotatable bonds is 2. The molecular weight excluding hydrogens is 167 g/mol. The van der Waals surface area contributed by atoms with Gasteiger partial charge in [-0.2, -0.15) is 0 Å². The van der Waals surface area contributed by atoms with Crippen LogP contribution >= 0.6 is 0 Å². The van der Waals surface area contributed by atoms with Crippen molar-refractivity contribution in [1.29, 1.82) is 0 Å². The summed E-state index contributed by atoms with van der Waals surface area (Å²) in [5.41, 5.74) is 0.485. The third-order valence-electron chi connectivity index (χ3n) is 1.27. The minimum absolute atomic E-state index is 0.183. The first kappa shape index (κ1) is 8.36. The summed E-state index contributed by atoms with van der Waals surface area (Å²) in [6.07, 6.45) is 0. The van der Waals surface area contributed by atoms with Gasteiger partial charge in [0.1, 0.15) is 6.67 Å². The third kappa shape index (κ3) is 2.10. The Bertz CT molecular complexity index is 258. The van der Waals surface area contributed by atoms with Gasteiger partial charge in [0.2, 0.25) is 0 Å². The van der Waals surface area contributed by atoms with E-state index < -0.39 is 17.8 Å². The van der Waals surface area contributed by atoms with Gasteiger partial charge in [-0.25, -0.2) is 4.39 Å². The summed E-state index contributed by atoms with van der Waals surface area (Å²) >= 11 is -2.21. The molecule has 0 bridgehead atoms. The van der Waals surface area contributed by atoms with Crippen LogP contribution in [0.5, 0.6) is 0 Å². The van der Waals surface area contributed by atoms with Gasteiger partial charge in [-0.05, 0) is 28.8 Å². The molecule has 2 nitrogen and oxygen atoms in total. The Hall–Kier alpha value is -0.740. The van der Waals surface area contributed by atoms with Crippen molar-refractivity contribution >= 4 is 11.1 Å². The van der Waals surface area contributed by atoms with E-state index in [1.807, 2.05) is 0 Å². The van der Waals surface area contributed by atoms with Crippen molar-refractivity contribution in [1.82, 2.24) is 0 Å². The Balaban J connectivity index is 2.91. The topological polar surface area (TPSA) is 40.1 Å². The maximum absolute atomic E-state index is 11.9. The highest BCUT2D eigenvalue weighted by Crippen LogP contribution is 2.07. The molecule has 1 rings (SSSR count). The molecule has 0 radical (unpaired) electrons. The summed E-state index contributed by atoms with van der Waals surface area (Å²) in [7, 11) is 0. The average Bonchev–Trinajstić information content (AvgIpc) is 2.05. The predicted molar refractivity (Wildman–Crippen MR) is 38.4 cm³/mol. The van der Waals surface area contributed by atoms with E-state index in [-0.39, 0.29) is 4.90 Å². The Kier molecular flexibility index (Phi) is 2.73. The van der Waals surface area contributed by atoms with Crippen molar-refractivity contribution in [2.75, 3.05) is 0 Å². The van der Waals surface area contributed by atoms with Gasteiger partial charge in [-0.15, -0.1) is 0 Å². The monoisotopic (exact) mass is 173 g/mol. The van der Waals surface area contributed by atoms with Gasteiger partial charge in [-0.1, -0.05) is 12.1 Å². The number of hydrogen-bond donors (Lipinski definition) is 0. The Morgan fingerprint density at radius 1 is 1.36 bits per heavy atom. The molecule has 1 aromatic carbocycles. The van der Waals surface area contributed by atoms with Gasteiger partial charge in [0.25, 0.3) is 0 Å². The van der Waals surface area contributed by atoms with Crippen LogP contribution in [0.4, 0.5) is 4.39 Å². The highest BCUT2D eigenvalue weighted by molar-refractivity contribution is 7.79. The van der Waals surface area contributed by atoms with Gasteiger partial charge in [0.05, 0.1) is 0 Å². The second kappa shape index (κ2) is 3.59. The highest BCUT2D eigenvalue weighted by atomic mass is 32.2.